The van der Waals surface area contributed by atoms with Gasteiger partial charge in [-0.15, -0.1) is 0 Å². The van der Waals surface area contributed by atoms with Gasteiger partial charge in [0, 0.05) is 47.0 Å². The predicted octanol–water partition coefficient (Wildman–Crippen LogP) is 3.49. The van der Waals surface area contributed by atoms with E-state index >= 15 is 0 Å². The third-order valence-electron chi connectivity index (χ3n) is 5.29. The second kappa shape index (κ2) is 8.05. The molecule has 7 heteroatoms. The van der Waals surface area contributed by atoms with Crippen LogP contribution in [0, 0.1) is 6.92 Å². The molecule has 7 nitrogen and oxygen atoms in total. The Morgan fingerprint density at radius 2 is 1.97 bits per heavy atom. The Bertz CT molecular complexity index is 1150. The third-order valence-corrected chi connectivity index (χ3v) is 5.29. The number of likely N-dealkylation sites (N-methyl/N-ethyl adjacent to an activating group) is 1. The van der Waals surface area contributed by atoms with Gasteiger partial charge in [-0.25, -0.2) is 9.97 Å². The summed E-state index contributed by atoms with van der Waals surface area (Å²) < 4.78 is 0. The number of aromatic amines is 2. The van der Waals surface area contributed by atoms with E-state index in [1.165, 1.54) is 0 Å². The Balaban J connectivity index is 1.57. The lowest BCUT2D eigenvalue weighted by atomic mass is 10.1. The van der Waals surface area contributed by atoms with E-state index < -0.39 is 0 Å². The average molecular weight is 390 g/mol. The van der Waals surface area contributed by atoms with Crippen molar-refractivity contribution in [2.75, 3.05) is 26.2 Å². The molecule has 29 heavy (non-hydrogen) atoms. The summed E-state index contributed by atoms with van der Waals surface area (Å²) in [7, 11) is 0. The minimum absolute atomic E-state index is 0.0503. The number of amides is 1. The maximum Gasteiger partial charge on any atom is 0.251 e. The van der Waals surface area contributed by atoms with E-state index in [-0.39, 0.29) is 5.91 Å². The van der Waals surface area contributed by atoms with Crippen LogP contribution < -0.4 is 5.32 Å². The summed E-state index contributed by atoms with van der Waals surface area (Å²) in [5.74, 6) is 0.783. The summed E-state index contributed by atoms with van der Waals surface area (Å²) in [6, 6.07) is 9.80. The first-order valence-electron chi connectivity index (χ1n) is 10.0. The second-order valence-corrected chi connectivity index (χ2v) is 7.15. The Kier molecular flexibility index (Phi) is 5.31. The van der Waals surface area contributed by atoms with Gasteiger partial charge in [0.05, 0.1) is 5.52 Å². The summed E-state index contributed by atoms with van der Waals surface area (Å²) in [5.41, 5.74) is 5.17. The fraction of sp³-hybridized carbons (Fsp3) is 0.318. The highest BCUT2D eigenvalue weighted by molar-refractivity contribution is 6.00. The van der Waals surface area contributed by atoms with E-state index in [0.29, 0.717) is 17.8 Å². The van der Waals surface area contributed by atoms with Crippen LogP contribution in [0.15, 0.2) is 36.5 Å². The number of carbonyl (C=O) groups is 1. The molecule has 1 aromatic carbocycles. The van der Waals surface area contributed by atoms with Gasteiger partial charge in [-0.2, -0.15) is 0 Å². The molecule has 0 aliphatic heterocycles. The number of H-pyrrole nitrogens is 2. The van der Waals surface area contributed by atoms with Gasteiger partial charge in [0.2, 0.25) is 0 Å². The van der Waals surface area contributed by atoms with Crippen LogP contribution in [0.25, 0.3) is 33.3 Å². The van der Waals surface area contributed by atoms with Crippen molar-refractivity contribution in [3.05, 3.63) is 47.9 Å². The van der Waals surface area contributed by atoms with Gasteiger partial charge in [0.25, 0.3) is 5.91 Å². The van der Waals surface area contributed by atoms with E-state index in [4.69, 9.17) is 0 Å². The summed E-state index contributed by atoms with van der Waals surface area (Å²) in [6.07, 6.45) is 1.76. The van der Waals surface area contributed by atoms with Gasteiger partial charge in [0.1, 0.15) is 5.82 Å². The minimum Gasteiger partial charge on any atom is -0.354 e. The Labute approximate surface area is 169 Å². The van der Waals surface area contributed by atoms with Crippen LogP contribution >= 0.6 is 0 Å². The molecular formula is C22H26N6O. The number of fused-ring (bicyclic) bond motifs is 2. The van der Waals surface area contributed by atoms with Crippen molar-refractivity contribution in [2.45, 2.75) is 20.8 Å². The molecule has 0 unspecified atom stereocenters. The SMILES string of the molecule is CCN(CC)CCNC(=O)c1ccc2cc(-c3ccnc4nc(C)[nH]c34)[nH]c2c1. The zero-order valence-corrected chi connectivity index (χ0v) is 17.0. The van der Waals surface area contributed by atoms with E-state index in [1.807, 2.05) is 31.2 Å². The second-order valence-electron chi connectivity index (χ2n) is 7.15. The van der Waals surface area contributed by atoms with Gasteiger partial charge in [-0.3, -0.25) is 4.79 Å². The number of pyridine rings is 1. The summed E-state index contributed by atoms with van der Waals surface area (Å²) in [4.78, 5) is 30.3. The van der Waals surface area contributed by atoms with Crippen molar-refractivity contribution in [2.24, 2.45) is 0 Å². The number of benzene rings is 1. The zero-order valence-electron chi connectivity index (χ0n) is 17.0. The molecule has 150 valence electrons. The number of nitrogens with zero attached hydrogens (tertiary/aromatic N) is 3. The normalized spacial score (nSPS) is 11.6. The maximum atomic E-state index is 12.5. The lowest BCUT2D eigenvalue weighted by molar-refractivity contribution is 0.0949. The maximum absolute atomic E-state index is 12.5. The van der Waals surface area contributed by atoms with Crippen molar-refractivity contribution in [3.63, 3.8) is 0 Å². The highest BCUT2D eigenvalue weighted by Gasteiger charge is 2.12. The number of nitrogens with one attached hydrogen (secondary N) is 3. The highest BCUT2D eigenvalue weighted by Crippen LogP contribution is 2.29. The van der Waals surface area contributed by atoms with Crippen LogP contribution in [0.4, 0.5) is 0 Å². The number of rotatable bonds is 7. The topological polar surface area (TPSA) is 89.7 Å². The van der Waals surface area contributed by atoms with Crippen molar-refractivity contribution in [3.8, 4) is 11.3 Å². The quantitative estimate of drug-likeness (QED) is 0.451. The van der Waals surface area contributed by atoms with Crippen LogP contribution in [0.2, 0.25) is 0 Å². The highest BCUT2D eigenvalue weighted by atomic mass is 16.1. The van der Waals surface area contributed by atoms with Crippen LogP contribution in [0.3, 0.4) is 0 Å². The monoisotopic (exact) mass is 390 g/mol. The van der Waals surface area contributed by atoms with E-state index in [1.54, 1.807) is 6.20 Å². The Morgan fingerprint density at radius 1 is 1.14 bits per heavy atom. The molecule has 0 aliphatic rings. The number of hydrogen-bond donors (Lipinski definition) is 3. The van der Waals surface area contributed by atoms with Crippen LogP contribution in [0.1, 0.15) is 30.0 Å². The van der Waals surface area contributed by atoms with Crippen molar-refractivity contribution in [1.82, 2.24) is 30.2 Å². The average Bonchev–Trinajstić information content (AvgIpc) is 3.32. The van der Waals surface area contributed by atoms with E-state index in [2.05, 4.69) is 50.1 Å². The van der Waals surface area contributed by atoms with Gasteiger partial charge in [-0.05, 0) is 44.3 Å². The zero-order chi connectivity index (χ0) is 20.4. The lowest BCUT2D eigenvalue weighted by Gasteiger charge is -2.17. The molecule has 0 fully saturated rings. The lowest BCUT2D eigenvalue weighted by Crippen LogP contribution is -2.34. The van der Waals surface area contributed by atoms with Gasteiger partial charge in [0.15, 0.2) is 5.65 Å². The summed E-state index contributed by atoms with van der Waals surface area (Å²) >= 11 is 0. The first kappa shape index (κ1) is 19.1. The molecule has 0 saturated heterocycles. The summed E-state index contributed by atoms with van der Waals surface area (Å²) in [5, 5.41) is 4.07. The minimum atomic E-state index is -0.0503. The predicted molar refractivity (Wildman–Crippen MR) is 116 cm³/mol. The molecule has 0 radical (unpaired) electrons. The Hall–Kier alpha value is -3.19. The fourth-order valence-electron chi connectivity index (χ4n) is 3.63. The standard InChI is InChI=1S/C22H26N6O/c1-4-28(5-2)11-10-24-22(29)16-7-6-15-12-19(27-18(15)13-16)17-8-9-23-21-20(17)25-14(3)26-21/h6-9,12-13,27H,4-5,10-11H2,1-3H3,(H,24,29)(H,23,25,26). The number of carbonyl (C=O) groups excluding carboxylic acids is 1. The number of imidazole rings is 1. The van der Waals surface area contributed by atoms with Crippen molar-refractivity contribution >= 4 is 28.0 Å². The third kappa shape index (κ3) is 3.86. The smallest absolute Gasteiger partial charge is 0.251 e. The number of aryl methyl sites for hydroxylation is 1. The molecular weight excluding hydrogens is 364 g/mol. The molecule has 3 heterocycles. The molecule has 0 saturated carbocycles. The molecule has 4 rings (SSSR count). The molecule has 1 amide bonds. The van der Waals surface area contributed by atoms with Crippen LogP contribution in [-0.2, 0) is 0 Å². The molecule has 0 aliphatic carbocycles. The Morgan fingerprint density at radius 3 is 2.76 bits per heavy atom. The van der Waals surface area contributed by atoms with Gasteiger partial charge >= 0.3 is 0 Å². The largest absolute Gasteiger partial charge is 0.354 e. The van der Waals surface area contributed by atoms with E-state index in [0.717, 1.165) is 53.1 Å². The molecule has 0 spiro atoms. The molecule has 4 aromatic rings. The van der Waals surface area contributed by atoms with Gasteiger partial charge in [-0.1, -0.05) is 19.9 Å². The van der Waals surface area contributed by atoms with Crippen molar-refractivity contribution < 1.29 is 4.79 Å². The van der Waals surface area contributed by atoms with E-state index in [9.17, 15) is 4.79 Å². The molecule has 0 atom stereocenters. The number of aromatic nitrogens is 4. The molecule has 3 aromatic heterocycles. The first-order chi connectivity index (χ1) is 14.1. The van der Waals surface area contributed by atoms with Crippen LogP contribution in [-0.4, -0.2) is 56.9 Å². The first-order valence-corrected chi connectivity index (χ1v) is 10.0. The molecule has 0 bridgehead atoms. The van der Waals surface area contributed by atoms with Crippen LogP contribution in [0.5, 0.6) is 0 Å². The molecule has 3 N–H and O–H groups in total. The van der Waals surface area contributed by atoms with Crippen molar-refractivity contribution in [1.29, 1.82) is 0 Å². The summed E-state index contributed by atoms with van der Waals surface area (Å²) in [6.45, 7) is 9.65. The fourth-order valence-corrected chi connectivity index (χ4v) is 3.63. The number of hydrogen-bond acceptors (Lipinski definition) is 4. The van der Waals surface area contributed by atoms with Gasteiger partial charge < -0.3 is 20.2 Å².